The summed E-state index contributed by atoms with van der Waals surface area (Å²) in [6.07, 6.45) is 13.6. The van der Waals surface area contributed by atoms with Crippen molar-refractivity contribution in [2.45, 2.75) is 69.1 Å². The van der Waals surface area contributed by atoms with E-state index in [-0.39, 0.29) is 4.87 Å². The molecule has 0 aromatic heterocycles. The molecule has 20 heavy (non-hydrogen) atoms. The van der Waals surface area contributed by atoms with Gasteiger partial charge in [-0.05, 0) is 43.1 Å². The molecule has 2 fully saturated rings. The first-order valence-corrected chi connectivity index (χ1v) is 8.94. The molecule has 1 aromatic rings. The van der Waals surface area contributed by atoms with Crippen LogP contribution >= 0.6 is 11.6 Å². The first-order valence-electron chi connectivity index (χ1n) is 8.56. The highest BCUT2D eigenvalue weighted by atomic mass is 35.5. The summed E-state index contributed by atoms with van der Waals surface area (Å²) in [7, 11) is 0. The third kappa shape index (κ3) is 2.77. The van der Waals surface area contributed by atoms with E-state index in [1.165, 1.54) is 69.8 Å². The van der Waals surface area contributed by atoms with Crippen molar-refractivity contribution in [3.05, 3.63) is 35.9 Å². The van der Waals surface area contributed by atoms with Gasteiger partial charge in [-0.2, -0.15) is 0 Å². The number of rotatable bonds is 3. The van der Waals surface area contributed by atoms with E-state index in [1.807, 2.05) is 0 Å². The van der Waals surface area contributed by atoms with E-state index in [2.05, 4.69) is 30.3 Å². The fraction of sp³-hybridized carbons (Fsp3) is 0.684. The van der Waals surface area contributed by atoms with Crippen LogP contribution in [0.5, 0.6) is 0 Å². The van der Waals surface area contributed by atoms with Gasteiger partial charge in [-0.3, -0.25) is 0 Å². The molecule has 1 heteroatoms. The van der Waals surface area contributed by atoms with Crippen LogP contribution in [0.25, 0.3) is 0 Å². The molecule has 3 rings (SSSR count). The predicted octanol–water partition coefficient (Wildman–Crippen LogP) is 6.28. The van der Waals surface area contributed by atoms with Gasteiger partial charge in [0.2, 0.25) is 0 Å². The lowest BCUT2D eigenvalue weighted by Gasteiger charge is -2.45. The van der Waals surface area contributed by atoms with E-state index in [4.69, 9.17) is 11.6 Å². The van der Waals surface area contributed by atoms with Gasteiger partial charge in [0.25, 0.3) is 0 Å². The zero-order chi connectivity index (χ0) is 13.8. The van der Waals surface area contributed by atoms with Crippen molar-refractivity contribution in [2.75, 3.05) is 0 Å². The van der Waals surface area contributed by atoms with Gasteiger partial charge in [-0.1, -0.05) is 68.9 Å². The Morgan fingerprint density at radius 2 is 1.15 bits per heavy atom. The molecule has 0 saturated heterocycles. The number of hydrogen-bond acceptors (Lipinski definition) is 0. The Hall–Kier alpha value is -0.490. The molecule has 0 spiro atoms. The molecule has 1 aromatic carbocycles. The summed E-state index contributed by atoms with van der Waals surface area (Å²) in [6.45, 7) is 0. The topological polar surface area (TPSA) is 0 Å². The molecule has 2 aliphatic rings. The summed E-state index contributed by atoms with van der Waals surface area (Å²) in [5.41, 5.74) is 1.39. The highest BCUT2D eigenvalue weighted by Crippen LogP contribution is 2.53. The van der Waals surface area contributed by atoms with Gasteiger partial charge in [-0.15, -0.1) is 11.6 Å². The highest BCUT2D eigenvalue weighted by molar-refractivity contribution is 6.24. The molecule has 0 bridgehead atoms. The van der Waals surface area contributed by atoms with Gasteiger partial charge in [0, 0.05) is 0 Å². The Bertz CT molecular complexity index is 381. The van der Waals surface area contributed by atoms with Crippen LogP contribution < -0.4 is 0 Å². The lowest BCUT2D eigenvalue weighted by Crippen LogP contribution is -2.39. The minimum Gasteiger partial charge on any atom is -0.113 e. The summed E-state index contributed by atoms with van der Waals surface area (Å²) >= 11 is 7.42. The van der Waals surface area contributed by atoms with Crippen molar-refractivity contribution >= 4 is 11.6 Å². The fourth-order valence-corrected chi connectivity index (χ4v) is 5.11. The zero-order valence-corrected chi connectivity index (χ0v) is 13.2. The van der Waals surface area contributed by atoms with Gasteiger partial charge < -0.3 is 0 Å². The van der Waals surface area contributed by atoms with Crippen LogP contribution in [-0.4, -0.2) is 0 Å². The monoisotopic (exact) mass is 290 g/mol. The van der Waals surface area contributed by atoms with E-state index in [1.54, 1.807) is 0 Å². The molecule has 0 N–H and O–H groups in total. The molecule has 0 unspecified atom stereocenters. The third-order valence-corrected chi connectivity index (χ3v) is 6.45. The van der Waals surface area contributed by atoms with Crippen molar-refractivity contribution in [1.82, 2.24) is 0 Å². The molecule has 0 nitrogen and oxygen atoms in total. The Kier molecular flexibility index (Phi) is 4.71. The lowest BCUT2D eigenvalue weighted by atomic mass is 9.66. The molecule has 2 aliphatic carbocycles. The summed E-state index contributed by atoms with van der Waals surface area (Å²) in [4.78, 5) is -0.0951. The molecular weight excluding hydrogens is 264 g/mol. The molecular formula is C19H27Cl. The van der Waals surface area contributed by atoms with E-state index in [0.717, 1.165) is 0 Å². The van der Waals surface area contributed by atoms with E-state index < -0.39 is 0 Å². The molecule has 0 atom stereocenters. The smallest absolute Gasteiger partial charge is 0.0751 e. The summed E-state index contributed by atoms with van der Waals surface area (Å²) in [5, 5.41) is 0. The first kappa shape index (κ1) is 14.4. The van der Waals surface area contributed by atoms with E-state index in [9.17, 15) is 0 Å². The Balaban J connectivity index is 1.92. The van der Waals surface area contributed by atoms with Gasteiger partial charge in [-0.25, -0.2) is 0 Å². The SMILES string of the molecule is ClC(c1ccccc1)(C1CCCCC1)C1CCCCC1. The number of halogens is 1. The van der Waals surface area contributed by atoms with Crippen molar-refractivity contribution in [3.8, 4) is 0 Å². The first-order chi connectivity index (χ1) is 9.82. The molecule has 2 saturated carbocycles. The Morgan fingerprint density at radius 3 is 1.60 bits per heavy atom. The van der Waals surface area contributed by atoms with Gasteiger partial charge in [0.05, 0.1) is 4.87 Å². The van der Waals surface area contributed by atoms with Crippen molar-refractivity contribution < 1.29 is 0 Å². The van der Waals surface area contributed by atoms with Crippen LogP contribution in [0, 0.1) is 11.8 Å². The molecule has 0 heterocycles. The van der Waals surface area contributed by atoms with E-state index >= 15 is 0 Å². The minimum atomic E-state index is -0.0951. The number of alkyl halides is 1. The number of benzene rings is 1. The van der Waals surface area contributed by atoms with Gasteiger partial charge in [0.1, 0.15) is 0 Å². The lowest BCUT2D eigenvalue weighted by molar-refractivity contribution is 0.169. The van der Waals surface area contributed by atoms with Crippen molar-refractivity contribution in [1.29, 1.82) is 0 Å². The average Bonchev–Trinajstić information content (AvgIpc) is 2.56. The Morgan fingerprint density at radius 1 is 0.700 bits per heavy atom. The van der Waals surface area contributed by atoms with Crippen LogP contribution in [0.3, 0.4) is 0 Å². The normalized spacial score (nSPS) is 22.9. The van der Waals surface area contributed by atoms with Crippen LogP contribution in [0.1, 0.15) is 69.8 Å². The average molecular weight is 291 g/mol. The minimum absolute atomic E-state index is 0.0951. The third-order valence-electron chi connectivity index (χ3n) is 5.61. The second-order valence-electron chi connectivity index (χ2n) is 6.80. The van der Waals surface area contributed by atoms with Crippen molar-refractivity contribution in [2.24, 2.45) is 11.8 Å². The second-order valence-corrected chi connectivity index (χ2v) is 7.43. The van der Waals surface area contributed by atoms with Gasteiger partial charge >= 0.3 is 0 Å². The number of hydrogen-bond donors (Lipinski definition) is 0. The molecule has 110 valence electrons. The fourth-order valence-electron chi connectivity index (χ4n) is 4.54. The molecule has 0 radical (unpaired) electrons. The van der Waals surface area contributed by atoms with Crippen LogP contribution in [0.15, 0.2) is 30.3 Å². The summed E-state index contributed by atoms with van der Waals surface area (Å²) < 4.78 is 0. The zero-order valence-electron chi connectivity index (χ0n) is 12.5. The van der Waals surface area contributed by atoms with E-state index in [0.29, 0.717) is 11.8 Å². The van der Waals surface area contributed by atoms with Crippen molar-refractivity contribution in [3.63, 3.8) is 0 Å². The highest BCUT2D eigenvalue weighted by Gasteiger charge is 2.45. The maximum absolute atomic E-state index is 7.42. The summed E-state index contributed by atoms with van der Waals surface area (Å²) in [6, 6.07) is 11.0. The quantitative estimate of drug-likeness (QED) is 0.575. The van der Waals surface area contributed by atoms with Crippen LogP contribution in [0.2, 0.25) is 0 Å². The standard InChI is InChI=1S/C19H27Cl/c20-19(16-10-4-1-5-11-16,17-12-6-2-7-13-17)18-14-8-3-9-15-18/h1,4-5,10-11,17-18H,2-3,6-9,12-15H2. The van der Waals surface area contributed by atoms with Crippen LogP contribution in [-0.2, 0) is 4.87 Å². The maximum atomic E-state index is 7.42. The second kappa shape index (κ2) is 6.52. The summed E-state index contributed by atoms with van der Waals surface area (Å²) in [5.74, 6) is 1.37. The largest absolute Gasteiger partial charge is 0.113 e. The maximum Gasteiger partial charge on any atom is 0.0751 e. The predicted molar refractivity (Wildman–Crippen MR) is 87.1 cm³/mol. The Labute approximate surface area is 128 Å². The van der Waals surface area contributed by atoms with Crippen LogP contribution in [0.4, 0.5) is 0 Å². The van der Waals surface area contributed by atoms with Gasteiger partial charge in [0.15, 0.2) is 0 Å². The molecule has 0 aliphatic heterocycles. The molecule has 0 amide bonds.